The summed E-state index contributed by atoms with van der Waals surface area (Å²) >= 11 is 0. The van der Waals surface area contributed by atoms with Crippen LogP contribution < -0.4 is 9.80 Å². The Balaban J connectivity index is 1.38. The highest BCUT2D eigenvalue weighted by atomic mass is 19.1. The molecule has 0 aromatic carbocycles. The van der Waals surface area contributed by atoms with Crippen LogP contribution in [0.1, 0.15) is 18.5 Å². The molecule has 1 fully saturated rings. The molecule has 4 heterocycles. The van der Waals surface area contributed by atoms with E-state index in [4.69, 9.17) is 0 Å². The summed E-state index contributed by atoms with van der Waals surface area (Å²) in [6, 6.07) is 3.91. The Morgan fingerprint density at radius 2 is 2.04 bits per heavy atom. The van der Waals surface area contributed by atoms with Crippen molar-refractivity contribution in [3.05, 3.63) is 42.4 Å². The molecule has 1 saturated heterocycles. The van der Waals surface area contributed by atoms with Gasteiger partial charge in [0.1, 0.15) is 12.1 Å². The Kier molecular flexibility index (Phi) is 4.40. The number of halogens is 1. The van der Waals surface area contributed by atoms with Crippen molar-refractivity contribution >= 4 is 17.3 Å². The summed E-state index contributed by atoms with van der Waals surface area (Å²) in [5.74, 6) is 1.55. The van der Waals surface area contributed by atoms with E-state index in [9.17, 15) is 4.39 Å². The fourth-order valence-electron chi connectivity index (χ4n) is 3.51. The van der Waals surface area contributed by atoms with Crippen LogP contribution >= 0.6 is 0 Å². The van der Waals surface area contributed by atoms with Crippen molar-refractivity contribution in [2.75, 3.05) is 36.5 Å². The zero-order chi connectivity index (χ0) is 18.1. The molecule has 3 aromatic rings. The van der Waals surface area contributed by atoms with E-state index in [0.29, 0.717) is 17.4 Å². The molecule has 8 heteroatoms. The van der Waals surface area contributed by atoms with Crippen LogP contribution in [0.5, 0.6) is 0 Å². The Morgan fingerprint density at radius 3 is 2.85 bits per heavy atom. The highest BCUT2D eigenvalue weighted by Gasteiger charge is 2.23. The first kappa shape index (κ1) is 16.7. The lowest BCUT2D eigenvalue weighted by molar-refractivity contribution is 0.405. The molecule has 0 atom stereocenters. The first-order valence-corrected chi connectivity index (χ1v) is 8.85. The number of aromatic nitrogens is 5. The van der Waals surface area contributed by atoms with Gasteiger partial charge in [0.05, 0.1) is 11.9 Å². The van der Waals surface area contributed by atoms with Crippen molar-refractivity contribution < 1.29 is 4.39 Å². The third kappa shape index (κ3) is 3.18. The van der Waals surface area contributed by atoms with E-state index < -0.39 is 0 Å². The zero-order valence-electron chi connectivity index (χ0n) is 15.0. The average molecular weight is 355 g/mol. The van der Waals surface area contributed by atoms with E-state index in [-0.39, 0.29) is 5.82 Å². The second-order valence-corrected chi connectivity index (χ2v) is 6.83. The van der Waals surface area contributed by atoms with Crippen LogP contribution in [0.25, 0.3) is 5.65 Å². The van der Waals surface area contributed by atoms with Gasteiger partial charge in [0, 0.05) is 38.9 Å². The molecule has 3 aromatic heterocycles. The minimum atomic E-state index is -0.328. The molecular formula is C18H22FN7. The van der Waals surface area contributed by atoms with E-state index in [1.165, 1.54) is 6.33 Å². The number of nitrogens with zero attached hydrogens (tertiary/aromatic N) is 7. The lowest BCUT2D eigenvalue weighted by Crippen LogP contribution is -2.38. The third-order valence-corrected chi connectivity index (χ3v) is 5.02. The summed E-state index contributed by atoms with van der Waals surface area (Å²) in [5.41, 5.74) is 1.25. The summed E-state index contributed by atoms with van der Waals surface area (Å²) in [5, 5.41) is 4.18. The van der Waals surface area contributed by atoms with Gasteiger partial charge >= 0.3 is 0 Å². The molecular weight excluding hydrogens is 333 g/mol. The second kappa shape index (κ2) is 6.86. The highest BCUT2D eigenvalue weighted by molar-refractivity contribution is 5.47. The van der Waals surface area contributed by atoms with Gasteiger partial charge in [-0.3, -0.25) is 0 Å². The number of anilines is 2. The lowest BCUT2D eigenvalue weighted by atomic mass is 9.96. The van der Waals surface area contributed by atoms with Gasteiger partial charge < -0.3 is 9.80 Å². The molecule has 136 valence electrons. The number of piperidine rings is 1. The Hall–Kier alpha value is -2.77. The maximum absolute atomic E-state index is 14.2. The normalized spacial score (nSPS) is 15.6. The largest absolute Gasteiger partial charge is 0.357 e. The molecule has 0 N–H and O–H groups in total. The topological polar surface area (TPSA) is 62.5 Å². The van der Waals surface area contributed by atoms with Gasteiger partial charge in [0.2, 0.25) is 0 Å². The third-order valence-electron chi connectivity index (χ3n) is 5.02. The molecule has 0 aliphatic carbocycles. The van der Waals surface area contributed by atoms with Crippen molar-refractivity contribution in [1.82, 2.24) is 24.6 Å². The fraction of sp³-hybridized carbons (Fsp3) is 0.444. The van der Waals surface area contributed by atoms with Gasteiger partial charge in [-0.05, 0) is 31.7 Å². The van der Waals surface area contributed by atoms with Gasteiger partial charge in [0.15, 0.2) is 17.3 Å². The van der Waals surface area contributed by atoms with Gasteiger partial charge in [-0.2, -0.15) is 5.10 Å². The van der Waals surface area contributed by atoms with Crippen LogP contribution in [0.15, 0.2) is 30.9 Å². The van der Waals surface area contributed by atoms with E-state index in [2.05, 4.69) is 25.0 Å². The lowest BCUT2D eigenvalue weighted by Gasteiger charge is -2.34. The Bertz CT molecular complexity index is 901. The van der Waals surface area contributed by atoms with E-state index in [1.54, 1.807) is 17.6 Å². The van der Waals surface area contributed by atoms with Gasteiger partial charge in [0.25, 0.3) is 0 Å². The molecule has 26 heavy (non-hydrogen) atoms. The van der Waals surface area contributed by atoms with E-state index in [1.807, 2.05) is 30.3 Å². The Morgan fingerprint density at radius 1 is 1.23 bits per heavy atom. The van der Waals surface area contributed by atoms with Crippen LogP contribution in [-0.4, -0.2) is 51.2 Å². The quantitative estimate of drug-likeness (QED) is 0.716. The number of aryl methyl sites for hydroxylation is 1. The maximum atomic E-state index is 14.2. The van der Waals surface area contributed by atoms with E-state index in [0.717, 1.165) is 43.9 Å². The van der Waals surface area contributed by atoms with Gasteiger partial charge in [-0.15, -0.1) is 0 Å². The van der Waals surface area contributed by atoms with Crippen LogP contribution in [0, 0.1) is 18.7 Å². The predicted molar refractivity (Wildman–Crippen MR) is 97.9 cm³/mol. The van der Waals surface area contributed by atoms with Crippen LogP contribution in [0.3, 0.4) is 0 Å². The van der Waals surface area contributed by atoms with Gasteiger partial charge in [-0.25, -0.2) is 23.9 Å². The summed E-state index contributed by atoms with van der Waals surface area (Å²) in [7, 11) is 1.90. The standard InChI is InChI=1S/C18H22FN7/c1-13-17(19)18(21-12-20-13)24(2)11-14-4-8-25(9-5-14)15-6-10-26-16(23-15)3-7-22-26/h3,6-7,10,12,14H,4-5,8-9,11H2,1-2H3. The first-order chi connectivity index (χ1) is 12.6. The molecule has 0 amide bonds. The van der Waals surface area contributed by atoms with E-state index >= 15 is 0 Å². The van der Waals surface area contributed by atoms with Crippen molar-refractivity contribution in [3.63, 3.8) is 0 Å². The van der Waals surface area contributed by atoms with Crippen molar-refractivity contribution in [2.24, 2.45) is 5.92 Å². The smallest absolute Gasteiger partial charge is 0.186 e. The molecule has 0 saturated carbocycles. The molecule has 0 unspecified atom stereocenters. The Labute approximate surface area is 151 Å². The minimum Gasteiger partial charge on any atom is -0.357 e. The number of hydrogen-bond donors (Lipinski definition) is 0. The monoisotopic (exact) mass is 355 g/mol. The fourth-order valence-corrected chi connectivity index (χ4v) is 3.51. The summed E-state index contributed by atoms with van der Waals surface area (Å²) in [6.45, 7) is 4.34. The van der Waals surface area contributed by atoms with Crippen LogP contribution in [0.2, 0.25) is 0 Å². The van der Waals surface area contributed by atoms with Crippen LogP contribution in [0.4, 0.5) is 16.0 Å². The number of rotatable bonds is 4. The molecule has 0 bridgehead atoms. The zero-order valence-corrected chi connectivity index (χ0v) is 15.0. The summed E-state index contributed by atoms with van der Waals surface area (Å²) in [4.78, 5) is 16.9. The highest BCUT2D eigenvalue weighted by Crippen LogP contribution is 2.25. The summed E-state index contributed by atoms with van der Waals surface area (Å²) in [6.07, 6.45) is 7.20. The molecule has 1 aliphatic rings. The molecule has 0 radical (unpaired) electrons. The second-order valence-electron chi connectivity index (χ2n) is 6.83. The molecule has 7 nitrogen and oxygen atoms in total. The van der Waals surface area contributed by atoms with Crippen molar-refractivity contribution in [2.45, 2.75) is 19.8 Å². The van der Waals surface area contributed by atoms with Crippen molar-refractivity contribution in [1.29, 1.82) is 0 Å². The number of hydrogen-bond acceptors (Lipinski definition) is 6. The number of fused-ring (bicyclic) bond motifs is 1. The summed E-state index contributed by atoms with van der Waals surface area (Å²) < 4.78 is 16.0. The maximum Gasteiger partial charge on any atom is 0.186 e. The van der Waals surface area contributed by atoms with Crippen LogP contribution in [-0.2, 0) is 0 Å². The molecule has 0 spiro atoms. The average Bonchev–Trinajstić information content (AvgIpc) is 3.12. The first-order valence-electron chi connectivity index (χ1n) is 8.85. The van der Waals surface area contributed by atoms with Gasteiger partial charge in [-0.1, -0.05) is 0 Å². The molecule has 4 rings (SSSR count). The van der Waals surface area contributed by atoms with Crippen molar-refractivity contribution in [3.8, 4) is 0 Å². The minimum absolute atomic E-state index is 0.328. The SMILES string of the molecule is Cc1ncnc(N(C)CC2CCN(c3ccn4nccc4n3)CC2)c1F. The molecule has 1 aliphatic heterocycles. The predicted octanol–water partition coefficient (Wildman–Crippen LogP) is 2.32.